The number of hydrogen-bond acceptors (Lipinski definition) is 14. The third-order valence-electron chi connectivity index (χ3n) is 27.1. The van der Waals surface area contributed by atoms with Crippen LogP contribution in [-0.4, -0.2) is 154 Å². The number of aliphatic carboxylic acids is 1. The first-order chi connectivity index (χ1) is 57.2. The van der Waals surface area contributed by atoms with E-state index in [1.807, 2.05) is 49.9 Å². The number of rotatable bonds is 19. The number of alkyl carbamates (subject to hydrolysis) is 3. The van der Waals surface area contributed by atoms with E-state index in [0.717, 1.165) is 72.8 Å². The minimum atomic E-state index is -1.06. The van der Waals surface area contributed by atoms with E-state index < -0.39 is 42.4 Å². The SMILES string of the molecule is COC(=O)N[C@H](C(=O)N1CCC[C@H]1C1=Nc2ccc(-c3ccc(-c4ccc(-c5cnc([C@@H]6CCCN6C(=O)[C@@H](NC(=O)OC)C(C)C)[nH]5)cc4)c4c3C3CCC4CC3)cc2C1)C(C)C.COC(=O)N[C@H](C(=O)O)C(C)C.c1cc(-c2ccc(-c3ccc4c(c3)CC([C@@H]3CCCN3)=N4)c3c2C2CCC3CC2)ccc1-c1cnc(C2CCCC2)[nH]1. The highest BCUT2D eigenvalue weighted by Gasteiger charge is 2.43. The van der Waals surface area contributed by atoms with Crippen molar-refractivity contribution in [1.82, 2.24) is 51.0 Å². The smallest absolute Gasteiger partial charge is 0.407 e. The lowest BCUT2D eigenvalue weighted by molar-refractivity contribution is -0.140. The van der Waals surface area contributed by atoms with Gasteiger partial charge in [-0.1, -0.05) is 139 Å². The van der Waals surface area contributed by atoms with Gasteiger partial charge in [0.05, 0.1) is 68.6 Å². The Morgan fingerprint density at radius 2 is 0.797 bits per heavy atom. The van der Waals surface area contributed by atoms with Gasteiger partial charge in [-0.2, -0.15) is 0 Å². The molecule has 8 aromatic rings. The number of hydrogen-bond donors (Lipinski definition) is 7. The number of carbonyl (C=O) groups is 6. The van der Waals surface area contributed by atoms with Gasteiger partial charge >= 0.3 is 24.2 Å². The molecular weight excluding hydrogens is 1480 g/mol. The fourth-order valence-electron chi connectivity index (χ4n) is 20.9. The van der Waals surface area contributed by atoms with E-state index in [1.54, 1.807) is 25.0 Å². The van der Waals surface area contributed by atoms with Gasteiger partial charge in [0.15, 0.2) is 0 Å². The third kappa shape index (κ3) is 16.5. The zero-order chi connectivity index (χ0) is 82.2. The number of nitrogens with zero attached hydrogens (tertiary/aromatic N) is 6. The maximum absolute atomic E-state index is 13.8. The van der Waals surface area contributed by atoms with E-state index in [4.69, 9.17) is 34.5 Å². The number of H-pyrrole nitrogens is 2. The summed E-state index contributed by atoms with van der Waals surface area (Å²) in [6, 6.07) is 39.3. The molecule has 22 nitrogen and oxygen atoms in total. The Hall–Kier alpha value is -10.7. The average molecular weight is 1600 g/mol. The number of fused-ring (bicyclic) bond motifs is 6. The molecule has 20 rings (SSSR count). The molecule has 12 aliphatic rings. The van der Waals surface area contributed by atoms with Crippen molar-refractivity contribution >= 4 is 58.9 Å². The normalized spacial score (nSPS) is 21.9. The van der Waals surface area contributed by atoms with Crippen LogP contribution in [0, 0.1) is 17.8 Å². The third-order valence-corrected chi connectivity index (χ3v) is 27.1. The molecule has 5 amide bonds. The second kappa shape index (κ2) is 35.1. The predicted molar refractivity (Wildman–Crippen MR) is 460 cm³/mol. The number of carbonyl (C=O) groups excluding carboxylic acids is 5. The number of ether oxygens (including phenoxy) is 3. The molecule has 6 atom stereocenters. The van der Waals surface area contributed by atoms with Gasteiger partial charge < -0.3 is 60.4 Å². The molecule has 7 N–H and O–H groups in total. The second-order valence-corrected chi connectivity index (χ2v) is 35.3. The van der Waals surface area contributed by atoms with Crippen LogP contribution in [0.3, 0.4) is 0 Å². The van der Waals surface area contributed by atoms with Crippen LogP contribution < -0.4 is 21.3 Å². The summed E-state index contributed by atoms with van der Waals surface area (Å²) < 4.78 is 13.9. The topological polar surface area (TPSA) is 287 Å². The molecule has 7 heterocycles. The van der Waals surface area contributed by atoms with Gasteiger partial charge in [0.25, 0.3) is 0 Å². The standard InChI is InChI=1S/C51H61N7O6.C38H40N4.C7H13NO4/c1-28(2)45(55-50(61)63-5)48(59)57-23-7-9-41(57)39-26-35-25-34(19-22-38(35)53-39)37-21-20-36(43-32-15-17-33(18-16-32)44(37)43)30-11-13-31(14-12-30)40-27-52-47(54-40)42-10-8-24-58(42)49(60)46(29(3)4)56-51(62)64-6;1-2-5-27(4-1)38-40-22-35(42-38)24-9-7-23(8-10-24)30-16-17-31(37-26-13-11-25(12-14-26)36(30)37)28-15-18-32-29(20-28)21-34(41-32)33-6-3-19-39-33;1-4(2)5(6(9)10)8-7(11)12-3/h11-14,19-22,25,27-29,32-33,41-42,45-46H,7-10,15-18,23-24,26H2,1-6H3,(H,52,54)(H,55,61)(H,56,62);7-10,15-18,20,22,25-27,33,39H,1-6,11-14,19,21H2,(H,40,42);4-5H,1-3H3,(H,8,11)(H,9,10)/t32?,33?,41-,42-,45-,46-;25?,26?,33-;5-/m000/s1. The predicted octanol–water partition coefficient (Wildman–Crippen LogP) is 18.9. The minimum Gasteiger partial charge on any atom is -0.480 e. The van der Waals surface area contributed by atoms with Gasteiger partial charge in [0, 0.05) is 49.3 Å². The summed E-state index contributed by atoms with van der Waals surface area (Å²) in [5.74, 6) is 3.34. The number of aromatic nitrogens is 4. The molecule has 7 aliphatic carbocycles. The minimum absolute atomic E-state index is 0.0806. The zero-order valence-electron chi connectivity index (χ0n) is 69.7. The molecule has 0 spiro atoms. The molecular formula is C96H114N12O10. The quantitative estimate of drug-likeness (QED) is 0.0371. The number of carboxylic acids is 1. The summed E-state index contributed by atoms with van der Waals surface area (Å²) in [7, 11) is 3.81. The van der Waals surface area contributed by atoms with Crippen molar-refractivity contribution in [3.63, 3.8) is 0 Å². The number of benzene rings is 6. The first kappa shape index (κ1) is 81.0. The van der Waals surface area contributed by atoms with Gasteiger partial charge in [-0.15, -0.1) is 0 Å². The highest BCUT2D eigenvalue weighted by atomic mass is 16.5. The van der Waals surface area contributed by atoms with Crippen molar-refractivity contribution in [1.29, 1.82) is 0 Å². The Morgan fingerprint density at radius 1 is 0.415 bits per heavy atom. The maximum atomic E-state index is 13.8. The van der Waals surface area contributed by atoms with E-state index in [1.165, 1.54) is 201 Å². The summed E-state index contributed by atoms with van der Waals surface area (Å²) in [6.07, 6.45) is 25.0. The van der Waals surface area contributed by atoms with Gasteiger partial charge in [0.1, 0.15) is 29.8 Å². The lowest BCUT2D eigenvalue weighted by Gasteiger charge is -2.41. The van der Waals surface area contributed by atoms with Crippen LogP contribution in [0.25, 0.3) is 67.0 Å². The molecule has 2 aromatic heterocycles. The number of methoxy groups -OCH3 is 3. The Labute approximate surface area is 692 Å². The largest absolute Gasteiger partial charge is 0.480 e. The van der Waals surface area contributed by atoms with Crippen LogP contribution in [0.1, 0.15) is 238 Å². The van der Waals surface area contributed by atoms with Crippen molar-refractivity contribution in [3.05, 3.63) is 167 Å². The summed E-state index contributed by atoms with van der Waals surface area (Å²) in [6.45, 7) is 13.5. The number of likely N-dealkylation sites (tertiary alicyclic amines) is 2. The molecule has 0 radical (unpaired) electrons. The zero-order valence-corrected chi connectivity index (χ0v) is 69.7. The van der Waals surface area contributed by atoms with Crippen LogP contribution in [0.2, 0.25) is 0 Å². The molecule has 3 saturated heterocycles. The Balaban J connectivity index is 0.000000164. The van der Waals surface area contributed by atoms with Crippen LogP contribution >= 0.6 is 0 Å². The van der Waals surface area contributed by atoms with Gasteiger partial charge in [-0.05, 0) is 264 Å². The molecule has 6 aromatic carbocycles. The van der Waals surface area contributed by atoms with Gasteiger partial charge in [-0.3, -0.25) is 19.6 Å². The Bertz CT molecular complexity index is 5130. The summed E-state index contributed by atoms with van der Waals surface area (Å²) in [5.41, 5.74) is 28.4. The average Bonchev–Trinajstić information content (AvgIpc) is 0.973. The van der Waals surface area contributed by atoms with E-state index >= 15 is 0 Å². The maximum Gasteiger partial charge on any atom is 0.407 e. The molecule has 6 fully saturated rings. The number of carboxylic acid groups (broad SMARTS) is 1. The monoisotopic (exact) mass is 1590 g/mol. The summed E-state index contributed by atoms with van der Waals surface area (Å²) in [4.78, 5) is 104. The molecule has 4 bridgehead atoms. The number of imidazole rings is 2. The van der Waals surface area contributed by atoms with Crippen LogP contribution in [0.5, 0.6) is 0 Å². The van der Waals surface area contributed by atoms with Crippen LogP contribution in [0.15, 0.2) is 132 Å². The molecule has 5 aliphatic heterocycles. The highest BCUT2D eigenvalue weighted by Crippen LogP contribution is 2.58. The van der Waals surface area contributed by atoms with E-state index in [0.29, 0.717) is 55.1 Å². The lowest BCUT2D eigenvalue weighted by Crippen LogP contribution is -2.53. The summed E-state index contributed by atoms with van der Waals surface area (Å²) in [5, 5.41) is 20.0. The highest BCUT2D eigenvalue weighted by molar-refractivity contribution is 6.02. The van der Waals surface area contributed by atoms with E-state index in [9.17, 15) is 28.8 Å². The van der Waals surface area contributed by atoms with Crippen molar-refractivity contribution < 1.29 is 48.1 Å². The molecule has 0 unspecified atom stereocenters. The molecule has 118 heavy (non-hydrogen) atoms. The van der Waals surface area contributed by atoms with Gasteiger partial charge in [0.2, 0.25) is 11.8 Å². The molecule has 618 valence electrons. The number of amides is 5. The van der Waals surface area contributed by atoms with Crippen molar-refractivity contribution in [2.75, 3.05) is 41.0 Å². The van der Waals surface area contributed by atoms with Crippen LogP contribution in [-0.2, 0) is 41.4 Å². The first-order valence-corrected chi connectivity index (χ1v) is 43.4. The van der Waals surface area contributed by atoms with E-state index in [-0.39, 0.29) is 41.7 Å². The summed E-state index contributed by atoms with van der Waals surface area (Å²) >= 11 is 0. The Kier molecular flexibility index (Phi) is 24.1. The van der Waals surface area contributed by atoms with Crippen molar-refractivity contribution in [2.45, 2.75) is 236 Å². The van der Waals surface area contributed by atoms with Crippen LogP contribution in [0.4, 0.5) is 25.8 Å². The van der Waals surface area contributed by atoms with Gasteiger partial charge in [-0.25, -0.2) is 29.1 Å². The number of aromatic amines is 2. The molecule has 22 heteroatoms. The number of aliphatic imine (C=N–C) groups is 2. The Morgan fingerprint density at radius 3 is 1.22 bits per heavy atom. The first-order valence-electron chi connectivity index (χ1n) is 43.4. The lowest BCUT2D eigenvalue weighted by atomic mass is 9.63. The number of nitrogens with one attached hydrogen (secondary N) is 6. The molecule has 3 saturated carbocycles. The fourth-order valence-corrected chi connectivity index (χ4v) is 20.9. The second-order valence-electron chi connectivity index (χ2n) is 35.3. The fraction of sp³-hybridized carbons (Fsp3) is 0.479. The van der Waals surface area contributed by atoms with E-state index in [2.05, 4.69) is 145 Å². The van der Waals surface area contributed by atoms with Crippen molar-refractivity contribution in [3.8, 4) is 67.0 Å². The van der Waals surface area contributed by atoms with Crippen molar-refractivity contribution in [2.24, 2.45) is 27.7 Å².